The lowest BCUT2D eigenvalue weighted by atomic mass is 10.0. The Morgan fingerprint density at radius 3 is 2.64 bits per heavy atom. The quantitative estimate of drug-likeness (QED) is 0.716. The van der Waals surface area contributed by atoms with Gasteiger partial charge in [-0.2, -0.15) is 0 Å². The first-order valence-corrected chi connectivity index (χ1v) is 4.97. The molecule has 1 nitrogen and oxygen atoms in total. The number of benzene rings is 1. The minimum atomic E-state index is -0.324. The van der Waals surface area contributed by atoms with Crippen LogP contribution < -0.4 is 4.74 Å². The van der Waals surface area contributed by atoms with Gasteiger partial charge in [0.1, 0.15) is 5.75 Å². The van der Waals surface area contributed by atoms with Gasteiger partial charge < -0.3 is 4.74 Å². The van der Waals surface area contributed by atoms with E-state index in [1.807, 2.05) is 39.0 Å². The molecule has 0 bridgehead atoms. The van der Waals surface area contributed by atoms with Crippen LogP contribution in [0, 0.1) is 6.92 Å². The molecule has 0 aliphatic carbocycles. The third kappa shape index (κ3) is 2.72. The Labute approximate surface area is 84.9 Å². The van der Waals surface area contributed by atoms with Gasteiger partial charge in [0.15, 0.2) is 0 Å². The summed E-state index contributed by atoms with van der Waals surface area (Å²) in [6, 6.07) is 5.89. The van der Waals surface area contributed by atoms with Crippen molar-refractivity contribution in [2.45, 2.75) is 26.7 Å². The van der Waals surface area contributed by atoms with Gasteiger partial charge in [0, 0.05) is 5.92 Å². The molecule has 0 saturated heterocycles. The van der Waals surface area contributed by atoms with E-state index in [4.69, 9.17) is 4.74 Å². The van der Waals surface area contributed by atoms with Gasteiger partial charge in [0.05, 0.1) is 13.3 Å². The van der Waals surface area contributed by atoms with Gasteiger partial charge in [-0.1, -0.05) is 13.0 Å². The Balaban J connectivity index is 2.94. The molecule has 2 heteroatoms. The highest BCUT2D eigenvalue weighted by Gasteiger charge is 2.07. The Bertz CT molecular complexity index is 296. The average molecular weight is 196 g/mol. The van der Waals surface area contributed by atoms with E-state index in [0.29, 0.717) is 6.61 Å². The normalized spacial score (nSPS) is 12.6. The first-order valence-electron chi connectivity index (χ1n) is 4.97. The third-order valence-corrected chi connectivity index (χ3v) is 2.18. The highest BCUT2D eigenvalue weighted by Crippen LogP contribution is 2.23. The number of halogens is 1. The summed E-state index contributed by atoms with van der Waals surface area (Å²) in [7, 11) is 0. The molecule has 1 unspecified atom stereocenters. The van der Waals surface area contributed by atoms with Gasteiger partial charge >= 0.3 is 0 Å². The summed E-state index contributed by atoms with van der Waals surface area (Å²) in [6.07, 6.45) is 0. The van der Waals surface area contributed by atoms with Crippen molar-refractivity contribution < 1.29 is 9.13 Å². The number of ether oxygens (including phenoxy) is 1. The fourth-order valence-corrected chi connectivity index (χ4v) is 1.40. The Morgan fingerprint density at radius 2 is 2.07 bits per heavy atom. The van der Waals surface area contributed by atoms with Gasteiger partial charge in [-0.15, -0.1) is 0 Å². The highest BCUT2D eigenvalue weighted by molar-refractivity contribution is 5.35. The van der Waals surface area contributed by atoms with Crippen LogP contribution in [-0.4, -0.2) is 13.3 Å². The van der Waals surface area contributed by atoms with E-state index in [9.17, 15) is 4.39 Å². The van der Waals surface area contributed by atoms with Crippen LogP contribution in [-0.2, 0) is 0 Å². The molecule has 0 N–H and O–H groups in total. The lowest BCUT2D eigenvalue weighted by Gasteiger charge is -2.11. The summed E-state index contributed by atoms with van der Waals surface area (Å²) in [5.74, 6) is 0.789. The minimum Gasteiger partial charge on any atom is -0.494 e. The van der Waals surface area contributed by atoms with Crippen LogP contribution in [0.2, 0.25) is 0 Å². The second-order valence-electron chi connectivity index (χ2n) is 3.57. The summed E-state index contributed by atoms with van der Waals surface area (Å²) in [5.41, 5.74) is 2.13. The summed E-state index contributed by atoms with van der Waals surface area (Å²) in [4.78, 5) is 0. The van der Waals surface area contributed by atoms with Crippen LogP contribution in [0.5, 0.6) is 5.75 Å². The standard InChI is InChI=1S/C12H17FO/c1-4-14-12-6-9(2)5-11(7-12)10(3)8-13/h5-7,10H,4,8H2,1-3H3. The smallest absolute Gasteiger partial charge is 0.119 e. The molecule has 0 spiro atoms. The number of aryl methyl sites for hydroxylation is 1. The third-order valence-electron chi connectivity index (χ3n) is 2.18. The predicted octanol–water partition coefficient (Wildman–Crippen LogP) is 3.47. The molecule has 0 aromatic heterocycles. The van der Waals surface area contributed by atoms with Gasteiger partial charge in [0.2, 0.25) is 0 Å². The molecule has 0 heterocycles. The molecule has 0 fully saturated rings. The molecule has 1 aromatic rings. The van der Waals surface area contributed by atoms with Crippen LogP contribution in [0.3, 0.4) is 0 Å². The first-order chi connectivity index (χ1) is 6.67. The van der Waals surface area contributed by atoms with E-state index in [1.54, 1.807) is 0 Å². The van der Waals surface area contributed by atoms with E-state index in [2.05, 4.69) is 0 Å². The SMILES string of the molecule is CCOc1cc(C)cc(C(C)CF)c1. The van der Waals surface area contributed by atoms with E-state index in [1.165, 1.54) is 0 Å². The monoisotopic (exact) mass is 196 g/mol. The van der Waals surface area contributed by atoms with Crippen LogP contribution in [0.4, 0.5) is 4.39 Å². The van der Waals surface area contributed by atoms with Crippen molar-refractivity contribution in [3.8, 4) is 5.75 Å². The van der Waals surface area contributed by atoms with Gasteiger partial charge in [-0.05, 0) is 37.1 Å². The van der Waals surface area contributed by atoms with Crippen molar-refractivity contribution in [3.63, 3.8) is 0 Å². The number of rotatable bonds is 4. The van der Waals surface area contributed by atoms with E-state index in [0.717, 1.165) is 16.9 Å². The topological polar surface area (TPSA) is 9.23 Å². The maximum absolute atomic E-state index is 12.5. The summed E-state index contributed by atoms with van der Waals surface area (Å²) < 4.78 is 17.9. The van der Waals surface area contributed by atoms with E-state index >= 15 is 0 Å². The van der Waals surface area contributed by atoms with E-state index < -0.39 is 0 Å². The van der Waals surface area contributed by atoms with Crippen molar-refractivity contribution in [2.24, 2.45) is 0 Å². The lowest BCUT2D eigenvalue weighted by Crippen LogP contribution is -1.98. The zero-order valence-electron chi connectivity index (χ0n) is 9.01. The largest absolute Gasteiger partial charge is 0.494 e. The molecule has 1 atom stereocenters. The molecule has 1 aromatic carbocycles. The maximum atomic E-state index is 12.5. The molecule has 0 saturated carbocycles. The molecule has 0 radical (unpaired) electrons. The molecular weight excluding hydrogens is 179 g/mol. The fraction of sp³-hybridized carbons (Fsp3) is 0.500. The van der Waals surface area contributed by atoms with Crippen LogP contribution >= 0.6 is 0 Å². The zero-order chi connectivity index (χ0) is 10.6. The fourth-order valence-electron chi connectivity index (χ4n) is 1.40. The van der Waals surface area contributed by atoms with Gasteiger partial charge in [-0.3, -0.25) is 4.39 Å². The van der Waals surface area contributed by atoms with Crippen molar-refractivity contribution in [1.82, 2.24) is 0 Å². The molecule has 0 aliphatic heterocycles. The maximum Gasteiger partial charge on any atom is 0.119 e. The van der Waals surface area contributed by atoms with Gasteiger partial charge in [-0.25, -0.2) is 0 Å². The Kier molecular flexibility index (Phi) is 3.93. The van der Waals surface area contributed by atoms with Crippen molar-refractivity contribution in [3.05, 3.63) is 29.3 Å². The van der Waals surface area contributed by atoms with Crippen molar-refractivity contribution in [2.75, 3.05) is 13.3 Å². The van der Waals surface area contributed by atoms with Crippen LogP contribution in [0.15, 0.2) is 18.2 Å². The summed E-state index contributed by atoms with van der Waals surface area (Å²) in [5, 5.41) is 0. The van der Waals surface area contributed by atoms with Crippen LogP contribution in [0.25, 0.3) is 0 Å². The van der Waals surface area contributed by atoms with Crippen LogP contribution in [0.1, 0.15) is 30.9 Å². The van der Waals surface area contributed by atoms with Crippen molar-refractivity contribution >= 4 is 0 Å². The van der Waals surface area contributed by atoms with Gasteiger partial charge in [0.25, 0.3) is 0 Å². The Hall–Kier alpha value is -1.05. The number of alkyl halides is 1. The van der Waals surface area contributed by atoms with Crippen molar-refractivity contribution in [1.29, 1.82) is 0 Å². The number of hydrogen-bond acceptors (Lipinski definition) is 1. The molecular formula is C12H17FO. The number of hydrogen-bond donors (Lipinski definition) is 0. The molecule has 78 valence electrons. The second-order valence-corrected chi connectivity index (χ2v) is 3.57. The summed E-state index contributed by atoms with van der Waals surface area (Å²) in [6.45, 7) is 6.14. The zero-order valence-corrected chi connectivity index (χ0v) is 9.01. The second kappa shape index (κ2) is 4.99. The predicted molar refractivity (Wildman–Crippen MR) is 56.7 cm³/mol. The first kappa shape index (κ1) is 11.0. The molecule has 0 amide bonds. The minimum absolute atomic E-state index is 0.0471. The average Bonchev–Trinajstić information content (AvgIpc) is 2.16. The van der Waals surface area contributed by atoms with E-state index in [-0.39, 0.29) is 12.6 Å². The molecule has 14 heavy (non-hydrogen) atoms. The summed E-state index contributed by atoms with van der Waals surface area (Å²) >= 11 is 0. The highest BCUT2D eigenvalue weighted by atomic mass is 19.1. The molecule has 1 rings (SSSR count). The molecule has 0 aliphatic rings. The Morgan fingerprint density at radius 1 is 1.36 bits per heavy atom. The lowest BCUT2D eigenvalue weighted by molar-refractivity contribution is 0.339.